The topological polar surface area (TPSA) is 117 Å². The van der Waals surface area contributed by atoms with Gasteiger partial charge in [0.1, 0.15) is 6.04 Å². The van der Waals surface area contributed by atoms with Gasteiger partial charge < -0.3 is 15.5 Å². The molecular formula is C21H24N6O2. The molecule has 5 atom stereocenters. The van der Waals surface area contributed by atoms with Gasteiger partial charge in [0.25, 0.3) is 0 Å². The van der Waals surface area contributed by atoms with E-state index in [4.69, 9.17) is 11.0 Å². The van der Waals surface area contributed by atoms with Crippen molar-refractivity contribution < 1.29 is 9.59 Å². The molecule has 3 saturated heterocycles. The van der Waals surface area contributed by atoms with Gasteiger partial charge in [-0.05, 0) is 43.0 Å². The van der Waals surface area contributed by atoms with E-state index in [0.717, 1.165) is 5.69 Å². The van der Waals surface area contributed by atoms with Crippen LogP contribution in [0.4, 0.5) is 5.69 Å². The standard InChI is InChI=1S/C21H24N6O2/c1-13-6-16(9-23)26(10-13)20(28)18(24)12-25-11-17-7-19(25)21(29)27(17)15-4-2-14(8-22)3-5-15/h2-5,13,16-19H,6-7,10-12,24H2,1H3/t13?,16?,17-,18?,19?/m0/s1. The maximum atomic E-state index is 12.9. The van der Waals surface area contributed by atoms with Gasteiger partial charge in [0.2, 0.25) is 11.8 Å². The number of piperazine rings is 1. The Bertz CT molecular complexity index is 901. The zero-order valence-electron chi connectivity index (χ0n) is 16.4. The van der Waals surface area contributed by atoms with Crippen LogP contribution in [0.25, 0.3) is 0 Å². The maximum absolute atomic E-state index is 12.9. The highest BCUT2D eigenvalue weighted by Gasteiger charge is 2.50. The fourth-order valence-corrected chi connectivity index (χ4v) is 4.86. The summed E-state index contributed by atoms with van der Waals surface area (Å²) in [6.45, 7) is 3.56. The van der Waals surface area contributed by atoms with E-state index in [-0.39, 0.29) is 23.9 Å². The molecule has 2 amide bonds. The van der Waals surface area contributed by atoms with E-state index < -0.39 is 12.1 Å². The molecule has 3 fully saturated rings. The van der Waals surface area contributed by atoms with Crippen LogP contribution in [0, 0.1) is 28.6 Å². The number of likely N-dealkylation sites (tertiary alicyclic amines) is 2. The van der Waals surface area contributed by atoms with Gasteiger partial charge in [-0.15, -0.1) is 0 Å². The molecule has 2 bridgehead atoms. The molecular weight excluding hydrogens is 368 g/mol. The Morgan fingerprint density at radius 1 is 1.24 bits per heavy atom. The van der Waals surface area contributed by atoms with Crippen LogP contribution in [-0.4, -0.2) is 65.4 Å². The largest absolute Gasteiger partial charge is 0.325 e. The van der Waals surface area contributed by atoms with E-state index in [1.54, 1.807) is 34.1 Å². The SMILES string of the molecule is CC1CC(C#N)N(C(=O)C(N)CN2C[C@@H]3CC2C(=O)N3c2ccc(C#N)cc2)C1. The molecule has 0 aromatic heterocycles. The van der Waals surface area contributed by atoms with E-state index in [1.807, 2.05) is 11.8 Å². The monoisotopic (exact) mass is 392 g/mol. The van der Waals surface area contributed by atoms with E-state index in [2.05, 4.69) is 12.1 Å². The van der Waals surface area contributed by atoms with Crippen molar-refractivity contribution in [1.82, 2.24) is 9.80 Å². The van der Waals surface area contributed by atoms with Crippen LogP contribution in [0.3, 0.4) is 0 Å². The minimum Gasteiger partial charge on any atom is -0.325 e. The summed E-state index contributed by atoms with van der Waals surface area (Å²) >= 11 is 0. The van der Waals surface area contributed by atoms with Crippen molar-refractivity contribution in [3.63, 3.8) is 0 Å². The molecule has 1 aromatic carbocycles. The number of benzene rings is 1. The average Bonchev–Trinajstić information content (AvgIpc) is 3.39. The zero-order valence-corrected chi connectivity index (χ0v) is 16.4. The van der Waals surface area contributed by atoms with Gasteiger partial charge in [0, 0.05) is 25.3 Å². The third-order valence-electron chi connectivity index (χ3n) is 6.23. The van der Waals surface area contributed by atoms with Crippen LogP contribution in [0.5, 0.6) is 0 Å². The van der Waals surface area contributed by atoms with Crippen molar-refractivity contribution in [2.45, 2.75) is 43.9 Å². The summed E-state index contributed by atoms with van der Waals surface area (Å²) in [6.07, 6.45) is 1.39. The van der Waals surface area contributed by atoms with Crippen LogP contribution in [0.2, 0.25) is 0 Å². The van der Waals surface area contributed by atoms with E-state index >= 15 is 0 Å². The van der Waals surface area contributed by atoms with Gasteiger partial charge in [-0.2, -0.15) is 10.5 Å². The Kier molecular flexibility index (Phi) is 4.99. The number of nitrogens with two attached hydrogens (primary N) is 1. The molecule has 1 aromatic rings. The smallest absolute Gasteiger partial charge is 0.244 e. The fraction of sp³-hybridized carbons (Fsp3) is 0.524. The lowest BCUT2D eigenvalue weighted by atomic mass is 10.1. The Hall–Kier alpha value is -2.94. The van der Waals surface area contributed by atoms with Gasteiger partial charge in [0.05, 0.1) is 35.8 Å². The first-order valence-corrected chi connectivity index (χ1v) is 9.96. The highest BCUT2D eigenvalue weighted by Crippen LogP contribution is 2.36. The van der Waals surface area contributed by atoms with Crippen LogP contribution < -0.4 is 10.6 Å². The predicted octanol–water partition coefficient (Wildman–Crippen LogP) is 0.436. The fourth-order valence-electron chi connectivity index (χ4n) is 4.86. The second-order valence-electron chi connectivity index (χ2n) is 8.31. The van der Waals surface area contributed by atoms with E-state index in [1.165, 1.54) is 0 Å². The Labute approximate surface area is 170 Å². The quantitative estimate of drug-likeness (QED) is 0.794. The molecule has 0 saturated carbocycles. The second kappa shape index (κ2) is 7.47. The van der Waals surface area contributed by atoms with Crippen LogP contribution in [-0.2, 0) is 9.59 Å². The second-order valence-corrected chi connectivity index (χ2v) is 8.31. The molecule has 2 N–H and O–H groups in total. The number of carbonyl (C=O) groups is 2. The third kappa shape index (κ3) is 3.35. The average molecular weight is 392 g/mol. The highest BCUT2D eigenvalue weighted by molar-refractivity contribution is 6.01. The van der Waals surface area contributed by atoms with Gasteiger partial charge in [-0.25, -0.2) is 0 Å². The lowest BCUT2D eigenvalue weighted by molar-refractivity contribution is -0.134. The van der Waals surface area contributed by atoms with Crippen LogP contribution >= 0.6 is 0 Å². The van der Waals surface area contributed by atoms with Gasteiger partial charge in [-0.1, -0.05) is 6.92 Å². The maximum Gasteiger partial charge on any atom is 0.244 e. The molecule has 3 aliphatic heterocycles. The van der Waals surface area contributed by atoms with Crippen molar-refractivity contribution in [3.05, 3.63) is 29.8 Å². The van der Waals surface area contributed by atoms with Crippen molar-refractivity contribution in [3.8, 4) is 12.1 Å². The summed E-state index contributed by atoms with van der Waals surface area (Å²) in [6, 6.07) is 9.91. The number of hydrogen-bond donors (Lipinski definition) is 1. The molecule has 3 aliphatic rings. The number of nitrogens with zero attached hydrogens (tertiary/aromatic N) is 5. The zero-order chi connectivity index (χ0) is 20.7. The summed E-state index contributed by atoms with van der Waals surface area (Å²) in [4.78, 5) is 31.1. The van der Waals surface area contributed by atoms with Crippen LogP contribution in [0.15, 0.2) is 24.3 Å². The predicted molar refractivity (Wildman–Crippen MR) is 105 cm³/mol. The number of rotatable bonds is 4. The molecule has 0 radical (unpaired) electrons. The number of nitriles is 2. The van der Waals surface area contributed by atoms with E-state index in [0.29, 0.717) is 44.0 Å². The number of amides is 2. The number of carbonyl (C=O) groups excluding carboxylic acids is 2. The summed E-state index contributed by atoms with van der Waals surface area (Å²) in [5, 5.41) is 18.2. The first-order valence-electron chi connectivity index (χ1n) is 9.96. The molecule has 29 heavy (non-hydrogen) atoms. The first-order chi connectivity index (χ1) is 13.9. The Balaban J connectivity index is 1.40. The Morgan fingerprint density at radius 3 is 2.59 bits per heavy atom. The third-order valence-corrected chi connectivity index (χ3v) is 6.23. The number of anilines is 1. The van der Waals surface area contributed by atoms with Crippen molar-refractivity contribution in [2.24, 2.45) is 11.7 Å². The molecule has 8 nitrogen and oxygen atoms in total. The summed E-state index contributed by atoms with van der Waals surface area (Å²) in [5.41, 5.74) is 7.55. The number of hydrogen-bond acceptors (Lipinski definition) is 6. The highest BCUT2D eigenvalue weighted by atomic mass is 16.2. The lowest BCUT2D eigenvalue weighted by Gasteiger charge is -2.35. The molecule has 8 heteroatoms. The molecule has 0 aliphatic carbocycles. The summed E-state index contributed by atoms with van der Waals surface area (Å²) in [5.74, 6) is 0.0940. The Morgan fingerprint density at radius 2 is 1.97 bits per heavy atom. The van der Waals surface area contributed by atoms with Crippen LogP contribution in [0.1, 0.15) is 25.3 Å². The minimum atomic E-state index is -0.744. The summed E-state index contributed by atoms with van der Waals surface area (Å²) < 4.78 is 0. The molecule has 150 valence electrons. The molecule has 4 rings (SSSR count). The molecule has 0 spiro atoms. The normalized spacial score (nSPS) is 29.7. The molecule has 4 unspecified atom stereocenters. The first kappa shape index (κ1) is 19.4. The molecule has 3 heterocycles. The van der Waals surface area contributed by atoms with Gasteiger partial charge in [0.15, 0.2) is 0 Å². The van der Waals surface area contributed by atoms with Crippen molar-refractivity contribution in [1.29, 1.82) is 10.5 Å². The van der Waals surface area contributed by atoms with Gasteiger partial charge in [-0.3, -0.25) is 14.5 Å². The van der Waals surface area contributed by atoms with Crippen molar-refractivity contribution in [2.75, 3.05) is 24.5 Å². The van der Waals surface area contributed by atoms with E-state index in [9.17, 15) is 14.9 Å². The van der Waals surface area contributed by atoms with Gasteiger partial charge >= 0.3 is 0 Å². The lowest BCUT2D eigenvalue weighted by Crippen LogP contribution is -2.56. The number of fused-ring (bicyclic) bond motifs is 2. The summed E-state index contributed by atoms with van der Waals surface area (Å²) in [7, 11) is 0. The minimum absolute atomic E-state index is 0.00954. The van der Waals surface area contributed by atoms with Crippen molar-refractivity contribution >= 4 is 17.5 Å².